The third-order valence-electron chi connectivity index (χ3n) is 7.27. The molecular formula is C24H33FN4O4. The van der Waals surface area contributed by atoms with E-state index in [2.05, 4.69) is 20.4 Å². The quantitative estimate of drug-likeness (QED) is 0.537. The molecule has 9 heteroatoms. The lowest BCUT2D eigenvalue weighted by molar-refractivity contribution is -0.143. The number of imide groups is 1. The van der Waals surface area contributed by atoms with Crippen LogP contribution >= 0.6 is 0 Å². The van der Waals surface area contributed by atoms with Crippen molar-refractivity contribution in [1.29, 1.82) is 0 Å². The Bertz CT molecular complexity index is 879. The molecule has 3 heterocycles. The average molecular weight is 461 g/mol. The first kappa shape index (κ1) is 23.5. The van der Waals surface area contributed by atoms with Crippen LogP contribution in [0.15, 0.2) is 18.2 Å². The molecule has 1 aromatic rings. The zero-order valence-corrected chi connectivity index (χ0v) is 18.9. The fourth-order valence-electron chi connectivity index (χ4n) is 5.12. The molecule has 3 fully saturated rings. The fourth-order valence-corrected chi connectivity index (χ4v) is 5.12. The second-order valence-electron chi connectivity index (χ2n) is 9.49. The van der Waals surface area contributed by atoms with E-state index in [1.54, 1.807) is 12.1 Å². The summed E-state index contributed by atoms with van der Waals surface area (Å²) in [7, 11) is 0. The number of carboxylic acid groups (broad SMARTS) is 1. The van der Waals surface area contributed by atoms with E-state index in [-0.39, 0.29) is 30.0 Å². The Labute approximate surface area is 193 Å². The number of rotatable bonds is 7. The van der Waals surface area contributed by atoms with Crippen LogP contribution in [0.2, 0.25) is 0 Å². The summed E-state index contributed by atoms with van der Waals surface area (Å²) in [6.45, 7) is 4.34. The number of likely N-dealkylation sites (tertiary alicyclic amines) is 1. The van der Waals surface area contributed by atoms with Gasteiger partial charge in [0.25, 0.3) is 0 Å². The van der Waals surface area contributed by atoms with Gasteiger partial charge in [0.2, 0.25) is 11.8 Å². The number of amides is 2. The summed E-state index contributed by atoms with van der Waals surface area (Å²) in [5, 5.41) is 14.5. The summed E-state index contributed by atoms with van der Waals surface area (Å²) >= 11 is 0. The van der Waals surface area contributed by atoms with Crippen molar-refractivity contribution in [3.05, 3.63) is 24.0 Å². The number of anilines is 2. The maximum Gasteiger partial charge on any atom is 0.306 e. The molecular weight excluding hydrogens is 427 g/mol. The van der Waals surface area contributed by atoms with E-state index in [1.165, 1.54) is 6.07 Å². The molecule has 3 aliphatic rings. The van der Waals surface area contributed by atoms with E-state index in [9.17, 15) is 18.8 Å². The van der Waals surface area contributed by atoms with Gasteiger partial charge in [0.15, 0.2) is 0 Å². The van der Waals surface area contributed by atoms with Crippen LogP contribution in [0.25, 0.3) is 0 Å². The Morgan fingerprint density at radius 3 is 2.45 bits per heavy atom. The predicted octanol–water partition coefficient (Wildman–Crippen LogP) is 2.45. The van der Waals surface area contributed by atoms with Crippen LogP contribution in [0.5, 0.6) is 0 Å². The normalized spacial score (nSPS) is 23.4. The molecule has 3 saturated heterocycles. The Morgan fingerprint density at radius 1 is 1.09 bits per heavy atom. The minimum Gasteiger partial charge on any atom is -0.481 e. The Kier molecular flexibility index (Phi) is 7.47. The molecule has 4 rings (SSSR count). The summed E-state index contributed by atoms with van der Waals surface area (Å²) in [5.41, 5.74) is 1.12. The number of hydrogen-bond donors (Lipinski definition) is 3. The number of benzene rings is 1. The molecule has 1 atom stereocenters. The van der Waals surface area contributed by atoms with Crippen molar-refractivity contribution in [3.63, 3.8) is 0 Å². The predicted molar refractivity (Wildman–Crippen MR) is 123 cm³/mol. The highest BCUT2D eigenvalue weighted by Crippen LogP contribution is 2.30. The van der Waals surface area contributed by atoms with E-state index in [1.807, 2.05) is 0 Å². The molecule has 3 N–H and O–H groups in total. The fraction of sp³-hybridized carbons (Fsp3) is 0.625. The first-order valence-corrected chi connectivity index (χ1v) is 12.0. The Hall–Kier alpha value is -2.68. The van der Waals surface area contributed by atoms with Gasteiger partial charge in [-0.2, -0.15) is 0 Å². The van der Waals surface area contributed by atoms with Crippen LogP contribution in [0.1, 0.15) is 44.9 Å². The summed E-state index contributed by atoms with van der Waals surface area (Å²) in [4.78, 5) is 38.7. The van der Waals surface area contributed by atoms with Gasteiger partial charge in [-0.15, -0.1) is 0 Å². The summed E-state index contributed by atoms with van der Waals surface area (Å²) in [5.74, 6) is -1.21. The van der Waals surface area contributed by atoms with Gasteiger partial charge in [-0.25, -0.2) is 4.39 Å². The van der Waals surface area contributed by atoms with Crippen LogP contribution in [0.3, 0.4) is 0 Å². The van der Waals surface area contributed by atoms with Gasteiger partial charge in [0, 0.05) is 25.2 Å². The van der Waals surface area contributed by atoms with E-state index in [4.69, 9.17) is 5.11 Å². The molecule has 0 saturated carbocycles. The maximum atomic E-state index is 14.8. The van der Waals surface area contributed by atoms with Crippen molar-refractivity contribution in [1.82, 2.24) is 10.2 Å². The van der Waals surface area contributed by atoms with E-state index in [0.29, 0.717) is 23.7 Å². The standard InChI is InChI=1S/C24H33FN4O4/c25-19-15-18(26-20-2-4-22(30)27-23(20)31)1-3-21(19)29-13-6-16(7-14-29)5-10-28-11-8-17(9-12-28)24(32)33/h1,3,15-17,20,26H,2,4-14H2,(H,32,33)(H,27,30,31). The van der Waals surface area contributed by atoms with Crippen molar-refractivity contribution in [3.8, 4) is 0 Å². The SMILES string of the molecule is O=C1CCC(Nc2ccc(N3CCC(CCN4CCC(C(=O)O)CC4)CC3)c(F)c2)C(=O)N1. The van der Waals surface area contributed by atoms with Crippen molar-refractivity contribution >= 4 is 29.2 Å². The molecule has 0 aliphatic carbocycles. The molecule has 33 heavy (non-hydrogen) atoms. The van der Waals surface area contributed by atoms with Crippen molar-refractivity contribution in [2.45, 2.75) is 51.0 Å². The molecule has 1 unspecified atom stereocenters. The monoisotopic (exact) mass is 460 g/mol. The lowest BCUT2D eigenvalue weighted by atomic mass is 9.92. The van der Waals surface area contributed by atoms with Gasteiger partial charge in [0.1, 0.15) is 11.9 Å². The zero-order valence-electron chi connectivity index (χ0n) is 18.9. The number of carbonyl (C=O) groups is 3. The van der Waals surface area contributed by atoms with Gasteiger partial charge in [-0.05, 0) is 82.3 Å². The second kappa shape index (κ2) is 10.5. The number of aliphatic carboxylic acids is 1. The number of carboxylic acids is 1. The number of nitrogens with zero attached hydrogens (tertiary/aromatic N) is 2. The molecule has 2 amide bonds. The molecule has 180 valence electrons. The maximum absolute atomic E-state index is 14.8. The second-order valence-corrected chi connectivity index (χ2v) is 9.49. The number of nitrogens with one attached hydrogen (secondary N) is 2. The van der Waals surface area contributed by atoms with Crippen LogP contribution < -0.4 is 15.5 Å². The lowest BCUT2D eigenvalue weighted by Crippen LogP contribution is -2.47. The van der Waals surface area contributed by atoms with Crippen molar-refractivity contribution < 1.29 is 23.9 Å². The molecule has 3 aliphatic heterocycles. The number of piperidine rings is 3. The average Bonchev–Trinajstić information content (AvgIpc) is 2.80. The number of carbonyl (C=O) groups excluding carboxylic acids is 2. The van der Waals surface area contributed by atoms with Gasteiger partial charge in [-0.1, -0.05) is 0 Å². The van der Waals surface area contributed by atoms with E-state index < -0.39 is 12.0 Å². The van der Waals surface area contributed by atoms with Gasteiger partial charge in [-0.3, -0.25) is 19.7 Å². The Morgan fingerprint density at radius 2 is 1.82 bits per heavy atom. The minimum atomic E-state index is -0.672. The van der Waals surface area contributed by atoms with Gasteiger partial charge in [0.05, 0.1) is 11.6 Å². The zero-order chi connectivity index (χ0) is 23.4. The topological polar surface area (TPSA) is 102 Å². The van der Waals surface area contributed by atoms with Crippen LogP contribution in [-0.2, 0) is 14.4 Å². The first-order chi connectivity index (χ1) is 15.9. The summed E-state index contributed by atoms with van der Waals surface area (Å²) in [6, 6.07) is 4.44. The Balaban J connectivity index is 1.22. The molecule has 1 aromatic carbocycles. The highest BCUT2D eigenvalue weighted by molar-refractivity contribution is 6.01. The number of hydrogen-bond acceptors (Lipinski definition) is 6. The minimum absolute atomic E-state index is 0.190. The highest BCUT2D eigenvalue weighted by atomic mass is 19.1. The largest absolute Gasteiger partial charge is 0.481 e. The molecule has 8 nitrogen and oxygen atoms in total. The van der Waals surface area contributed by atoms with Crippen LogP contribution in [-0.4, -0.2) is 66.6 Å². The third kappa shape index (κ3) is 6.01. The van der Waals surface area contributed by atoms with Gasteiger partial charge < -0.3 is 20.2 Å². The molecule has 0 spiro atoms. The van der Waals surface area contributed by atoms with Crippen molar-refractivity contribution in [2.75, 3.05) is 42.9 Å². The highest BCUT2D eigenvalue weighted by Gasteiger charge is 2.28. The van der Waals surface area contributed by atoms with Crippen molar-refractivity contribution in [2.24, 2.45) is 11.8 Å². The first-order valence-electron chi connectivity index (χ1n) is 12.0. The summed E-state index contributed by atoms with van der Waals surface area (Å²) in [6.07, 6.45) is 5.28. The van der Waals surface area contributed by atoms with Crippen LogP contribution in [0.4, 0.5) is 15.8 Å². The lowest BCUT2D eigenvalue weighted by Gasteiger charge is -2.36. The summed E-state index contributed by atoms with van der Waals surface area (Å²) < 4.78 is 14.8. The molecule has 0 bridgehead atoms. The third-order valence-corrected chi connectivity index (χ3v) is 7.27. The van der Waals surface area contributed by atoms with Gasteiger partial charge >= 0.3 is 5.97 Å². The number of halogens is 1. The molecule has 0 aromatic heterocycles. The van der Waals surface area contributed by atoms with E-state index >= 15 is 0 Å². The van der Waals surface area contributed by atoms with Crippen LogP contribution in [0, 0.1) is 17.7 Å². The molecule has 0 radical (unpaired) electrons. The van der Waals surface area contributed by atoms with E-state index in [0.717, 1.165) is 64.8 Å². The smallest absolute Gasteiger partial charge is 0.306 e.